The smallest absolute Gasteiger partial charge is 0.403 e. The molecule has 5 rings (SSSR count). The summed E-state index contributed by atoms with van der Waals surface area (Å²) >= 11 is 4.09. The Morgan fingerprint density at radius 3 is 1.85 bits per heavy atom. The van der Waals surface area contributed by atoms with Crippen molar-refractivity contribution >= 4 is 23.0 Å². The molecule has 0 amide bonds. The Labute approximate surface area is 131 Å². The first-order valence-corrected chi connectivity index (χ1v) is 8.97. The maximum absolute atomic E-state index is 6.45. The van der Waals surface area contributed by atoms with Gasteiger partial charge in [0.25, 0.3) is 0 Å². The van der Waals surface area contributed by atoms with Crippen molar-refractivity contribution in [2.45, 2.75) is 87.1 Å². The second-order valence-corrected chi connectivity index (χ2v) is 10.7. The molecule has 4 heteroatoms. The van der Waals surface area contributed by atoms with Crippen LogP contribution in [-0.4, -0.2) is 22.6 Å². The van der Waals surface area contributed by atoms with E-state index in [4.69, 9.17) is 9.31 Å². The van der Waals surface area contributed by atoms with Crippen molar-refractivity contribution in [3.8, 4) is 0 Å². The van der Waals surface area contributed by atoms with Gasteiger partial charge in [0.15, 0.2) is 0 Å². The molecule has 0 radical (unpaired) electrons. The highest BCUT2D eigenvalue weighted by Gasteiger charge is 2.66. The van der Waals surface area contributed by atoms with Crippen LogP contribution in [0.3, 0.4) is 0 Å². The minimum atomic E-state index is -0.194. The number of hydrogen-bond acceptors (Lipinski definition) is 2. The maximum Gasteiger partial charge on any atom is 0.464 e. The molecule has 4 saturated carbocycles. The van der Waals surface area contributed by atoms with Gasteiger partial charge in [-0.15, -0.1) is 0 Å². The first-order valence-electron chi connectivity index (χ1n) is 8.18. The summed E-state index contributed by atoms with van der Waals surface area (Å²) in [5.41, 5.74) is -0.388. The highest BCUT2D eigenvalue weighted by Crippen LogP contribution is 2.70. The lowest BCUT2D eigenvalue weighted by molar-refractivity contribution is 0.00578. The third kappa shape index (κ3) is 1.83. The highest BCUT2D eigenvalue weighted by atomic mass is 79.9. The van der Waals surface area contributed by atoms with Crippen LogP contribution in [0.2, 0.25) is 5.31 Å². The van der Waals surface area contributed by atoms with E-state index in [1.165, 1.54) is 38.5 Å². The Kier molecular flexibility index (Phi) is 2.72. The molecule has 0 aromatic heterocycles. The minimum absolute atomic E-state index is 0.00433. The van der Waals surface area contributed by atoms with Crippen molar-refractivity contribution in [3.05, 3.63) is 0 Å². The van der Waals surface area contributed by atoms with Crippen LogP contribution in [0, 0.1) is 11.8 Å². The largest absolute Gasteiger partial charge is 0.464 e. The SMILES string of the molecule is CC1(C)OB(C23CC4CC(CC(Br)(C4)C2)C3)OC1(C)C. The molecule has 4 bridgehead atoms. The highest BCUT2D eigenvalue weighted by molar-refractivity contribution is 9.10. The number of halogens is 1. The van der Waals surface area contributed by atoms with Crippen LogP contribution in [-0.2, 0) is 9.31 Å². The summed E-state index contributed by atoms with van der Waals surface area (Å²) in [7, 11) is -0.00433. The molecule has 2 atom stereocenters. The molecule has 0 N–H and O–H groups in total. The molecule has 2 unspecified atom stereocenters. The van der Waals surface area contributed by atoms with E-state index in [9.17, 15) is 0 Å². The number of rotatable bonds is 1. The molecule has 0 aromatic carbocycles. The summed E-state index contributed by atoms with van der Waals surface area (Å²) in [5.74, 6) is 1.77. The van der Waals surface area contributed by atoms with Crippen molar-refractivity contribution in [2.75, 3.05) is 0 Å². The molecule has 0 spiro atoms. The standard InChI is InChI=1S/C16H26BBrO2/c1-13(2)14(3,4)20-17(19-13)15-6-11-5-12(7-15)9-16(18,8-11)10-15/h11-12H,5-10H2,1-4H3. The lowest BCUT2D eigenvalue weighted by Gasteiger charge is -2.60. The summed E-state index contributed by atoms with van der Waals surface area (Å²) in [5, 5.41) is 0.263. The predicted octanol–water partition coefficient (Wildman–Crippen LogP) is 4.57. The Hall–Kier alpha value is 0.465. The second-order valence-electron chi connectivity index (χ2n) is 9.06. The Morgan fingerprint density at radius 2 is 1.40 bits per heavy atom. The second kappa shape index (κ2) is 3.86. The summed E-state index contributed by atoms with van der Waals surface area (Å²) in [6.07, 6.45) is 8.04. The van der Waals surface area contributed by atoms with Crippen molar-refractivity contribution in [1.29, 1.82) is 0 Å². The Morgan fingerprint density at radius 1 is 0.900 bits per heavy atom. The van der Waals surface area contributed by atoms with Crippen LogP contribution in [0.5, 0.6) is 0 Å². The van der Waals surface area contributed by atoms with Gasteiger partial charge < -0.3 is 9.31 Å². The predicted molar refractivity (Wildman–Crippen MR) is 85.1 cm³/mol. The van der Waals surface area contributed by atoms with Crippen LogP contribution in [0.15, 0.2) is 0 Å². The zero-order valence-corrected chi connectivity index (χ0v) is 14.8. The van der Waals surface area contributed by atoms with E-state index in [0.717, 1.165) is 11.8 Å². The topological polar surface area (TPSA) is 18.5 Å². The monoisotopic (exact) mass is 340 g/mol. The Bertz CT molecular complexity index is 418. The van der Waals surface area contributed by atoms with Crippen molar-refractivity contribution in [3.63, 3.8) is 0 Å². The molecule has 20 heavy (non-hydrogen) atoms. The average molecular weight is 341 g/mol. The van der Waals surface area contributed by atoms with Gasteiger partial charge in [-0.1, -0.05) is 15.9 Å². The molecule has 5 aliphatic rings. The van der Waals surface area contributed by atoms with Crippen molar-refractivity contribution in [1.82, 2.24) is 0 Å². The first-order chi connectivity index (χ1) is 9.13. The minimum Gasteiger partial charge on any atom is -0.403 e. The molecule has 2 nitrogen and oxygen atoms in total. The van der Waals surface area contributed by atoms with Crippen molar-refractivity contribution in [2.24, 2.45) is 11.8 Å². The van der Waals surface area contributed by atoms with Gasteiger partial charge in [0.05, 0.1) is 11.2 Å². The zero-order valence-electron chi connectivity index (χ0n) is 13.2. The fourth-order valence-electron chi connectivity index (χ4n) is 5.59. The van der Waals surface area contributed by atoms with Crippen LogP contribution >= 0.6 is 15.9 Å². The van der Waals surface area contributed by atoms with Crippen LogP contribution < -0.4 is 0 Å². The van der Waals surface area contributed by atoms with Gasteiger partial charge in [-0.2, -0.15) is 0 Å². The van der Waals surface area contributed by atoms with Crippen molar-refractivity contribution < 1.29 is 9.31 Å². The fourth-order valence-corrected chi connectivity index (χ4v) is 7.06. The molecule has 4 aliphatic carbocycles. The molecule has 112 valence electrons. The summed E-state index contributed by atoms with van der Waals surface area (Å²) in [6.45, 7) is 8.71. The molecule has 1 heterocycles. The van der Waals surface area contributed by atoms with Gasteiger partial charge in [-0.25, -0.2) is 0 Å². The quantitative estimate of drug-likeness (QED) is 0.514. The van der Waals surface area contributed by atoms with Gasteiger partial charge in [0.2, 0.25) is 0 Å². The maximum atomic E-state index is 6.45. The van der Waals surface area contributed by atoms with Crippen LogP contribution in [0.25, 0.3) is 0 Å². The van der Waals surface area contributed by atoms with Gasteiger partial charge >= 0.3 is 7.12 Å². The van der Waals surface area contributed by atoms with E-state index in [1.54, 1.807) is 0 Å². The number of alkyl halides is 1. The van der Waals surface area contributed by atoms with Gasteiger partial charge in [-0.3, -0.25) is 0 Å². The third-order valence-electron chi connectivity index (χ3n) is 6.79. The van der Waals surface area contributed by atoms with Crippen LogP contribution in [0.1, 0.15) is 66.2 Å². The van der Waals surface area contributed by atoms with Gasteiger partial charge in [-0.05, 0) is 78.1 Å². The lowest BCUT2D eigenvalue weighted by Crippen LogP contribution is -2.55. The fraction of sp³-hybridized carbons (Fsp3) is 1.00. The molecular formula is C16H26BBrO2. The van der Waals surface area contributed by atoms with E-state index in [1.807, 2.05) is 0 Å². The van der Waals surface area contributed by atoms with E-state index >= 15 is 0 Å². The molecule has 5 fully saturated rings. The third-order valence-corrected chi connectivity index (χ3v) is 7.72. The summed E-state index contributed by atoms with van der Waals surface area (Å²) < 4.78 is 13.3. The van der Waals surface area contributed by atoms with Gasteiger partial charge in [0, 0.05) is 9.64 Å². The lowest BCUT2D eigenvalue weighted by atomic mass is 9.38. The van der Waals surface area contributed by atoms with E-state index in [-0.39, 0.29) is 23.6 Å². The molecule has 1 saturated heterocycles. The summed E-state index contributed by atoms with van der Waals surface area (Å²) in [4.78, 5) is 0. The number of hydrogen-bond donors (Lipinski definition) is 0. The van der Waals surface area contributed by atoms with Gasteiger partial charge in [0.1, 0.15) is 0 Å². The first kappa shape index (κ1) is 14.1. The average Bonchev–Trinajstić information content (AvgIpc) is 2.44. The van der Waals surface area contributed by atoms with E-state index < -0.39 is 0 Å². The zero-order chi connectivity index (χ0) is 14.4. The van der Waals surface area contributed by atoms with Crippen LogP contribution in [0.4, 0.5) is 0 Å². The molecule has 1 aliphatic heterocycles. The molecular weight excluding hydrogens is 315 g/mol. The van der Waals surface area contributed by atoms with E-state index in [2.05, 4.69) is 43.6 Å². The normalized spacial score (nSPS) is 51.8. The molecule has 0 aromatic rings. The van der Waals surface area contributed by atoms with E-state index in [0.29, 0.717) is 4.32 Å². The summed E-state index contributed by atoms with van der Waals surface area (Å²) in [6, 6.07) is 0. The Balaban J connectivity index is 1.66.